The summed E-state index contributed by atoms with van der Waals surface area (Å²) < 4.78 is 5.48. The molecule has 0 saturated heterocycles. The number of nitrogens with one attached hydrogen (secondary N) is 2. The number of amides is 2. The van der Waals surface area contributed by atoms with Crippen molar-refractivity contribution in [1.82, 2.24) is 10.9 Å². The lowest BCUT2D eigenvalue weighted by molar-refractivity contribution is -0.123. The van der Waals surface area contributed by atoms with Crippen molar-refractivity contribution in [2.75, 3.05) is 6.61 Å². The van der Waals surface area contributed by atoms with E-state index in [1.807, 2.05) is 38.1 Å². The second kappa shape index (κ2) is 8.97. The van der Waals surface area contributed by atoms with Crippen molar-refractivity contribution >= 4 is 29.3 Å². The topological polar surface area (TPSA) is 92.1 Å². The highest BCUT2D eigenvalue weighted by Gasteiger charge is 2.18. The van der Waals surface area contributed by atoms with E-state index in [0.717, 1.165) is 16.7 Å². The lowest BCUT2D eigenvalue weighted by Gasteiger charge is -2.06. The van der Waals surface area contributed by atoms with E-state index in [4.69, 9.17) is 4.74 Å². The number of carbonyl (C=O) groups is 2. The quantitative estimate of drug-likeness (QED) is 0.451. The molecule has 2 aromatic rings. The number of hydrogen-bond donors (Lipinski definition) is 2. The minimum atomic E-state index is -0.350. The molecule has 0 saturated carbocycles. The molecular formula is C22H22N4O3. The fourth-order valence-electron chi connectivity index (χ4n) is 2.60. The number of carbonyl (C=O) groups excluding carboxylic acids is 2. The molecule has 0 radical (unpaired) electrons. The van der Waals surface area contributed by atoms with Gasteiger partial charge in [-0.15, -0.1) is 0 Å². The van der Waals surface area contributed by atoms with Crippen molar-refractivity contribution in [1.29, 1.82) is 0 Å². The Morgan fingerprint density at radius 3 is 2.45 bits per heavy atom. The number of nitrogens with zero attached hydrogens (tertiary/aromatic N) is 2. The molecule has 0 bridgehead atoms. The number of aryl methyl sites for hydroxylation is 1. The summed E-state index contributed by atoms with van der Waals surface area (Å²) in [7, 11) is 0. The highest BCUT2D eigenvalue weighted by atomic mass is 16.5. The van der Waals surface area contributed by atoms with Gasteiger partial charge >= 0.3 is 0 Å². The highest BCUT2D eigenvalue weighted by Crippen LogP contribution is 2.16. The van der Waals surface area contributed by atoms with E-state index in [1.165, 1.54) is 0 Å². The molecule has 0 aromatic heterocycles. The third-order valence-electron chi connectivity index (χ3n) is 4.34. The summed E-state index contributed by atoms with van der Waals surface area (Å²) in [5.74, 6) is -0.0269. The summed E-state index contributed by atoms with van der Waals surface area (Å²) in [4.78, 5) is 23.6. The molecule has 0 aliphatic carbocycles. The zero-order chi connectivity index (χ0) is 20.8. The normalized spacial score (nSPS) is 15.1. The van der Waals surface area contributed by atoms with Crippen LogP contribution in [0.4, 0.5) is 0 Å². The maximum atomic E-state index is 12.0. The van der Waals surface area contributed by atoms with Gasteiger partial charge in [-0.1, -0.05) is 42.0 Å². The zero-order valence-corrected chi connectivity index (χ0v) is 16.5. The van der Waals surface area contributed by atoms with Crippen molar-refractivity contribution in [2.45, 2.75) is 20.8 Å². The Morgan fingerprint density at radius 2 is 1.83 bits per heavy atom. The summed E-state index contributed by atoms with van der Waals surface area (Å²) in [6, 6.07) is 15.0. The van der Waals surface area contributed by atoms with Crippen LogP contribution in [0.15, 0.2) is 64.3 Å². The largest absolute Gasteiger partial charge is 0.484 e. The number of ether oxygens (including phenoxy) is 1. The SMILES string of the molecule is CC1=NNC(=O)/C1=C\c1ccc(OCC(=O)N/N=C(/C)c2ccc(C)cc2)cc1. The fraction of sp³-hybridized carbons (Fsp3) is 0.182. The van der Waals surface area contributed by atoms with Crippen molar-refractivity contribution in [3.8, 4) is 5.75 Å². The Hall–Kier alpha value is -3.74. The molecule has 3 rings (SSSR count). The first-order valence-corrected chi connectivity index (χ1v) is 9.12. The molecule has 7 nitrogen and oxygen atoms in total. The summed E-state index contributed by atoms with van der Waals surface area (Å²) in [6.45, 7) is 5.46. The van der Waals surface area contributed by atoms with Gasteiger partial charge < -0.3 is 4.74 Å². The van der Waals surface area contributed by atoms with Crippen LogP contribution in [-0.2, 0) is 9.59 Å². The second-order valence-electron chi connectivity index (χ2n) is 6.65. The first-order chi connectivity index (χ1) is 13.9. The van der Waals surface area contributed by atoms with E-state index in [-0.39, 0.29) is 18.4 Å². The molecule has 1 aliphatic heterocycles. The van der Waals surface area contributed by atoms with Gasteiger partial charge in [0.05, 0.1) is 17.0 Å². The Balaban J connectivity index is 1.52. The van der Waals surface area contributed by atoms with Gasteiger partial charge in [0.1, 0.15) is 5.75 Å². The molecule has 2 N–H and O–H groups in total. The van der Waals surface area contributed by atoms with E-state index in [1.54, 1.807) is 37.3 Å². The van der Waals surface area contributed by atoms with Gasteiger partial charge in [0.25, 0.3) is 11.8 Å². The summed E-state index contributed by atoms with van der Waals surface area (Å²) in [6.07, 6.45) is 1.75. The van der Waals surface area contributed by atoms with Crippen LogP contribution in [0.2, 0.25) is 0 Å². The highest BCUT2D eigenvalue weighted by molar-refractivity contribution is 6.26. The first kappa shape index (κ1) is 20.0. The maximum Gasteiger partial charge on any atom is 0.277 e. The number of hydrazone groups is 2. The van der Waals surface area contributed by atoms with Crippen LogP contribution in [-0.4, -0.2) is 29.8 Å². The first-order valence-electron chi connectivity index (χ1n) is 9.12. The van der Waals surface area contributed by atoms with E-state index in [2.05, 4.69) is 21.1 Å². The van der Waals surface area contributed by atoms with Crippen LogP contribution in [0.1, 0.15) is 30.5 Å². The molecule has 7 heteroatoms. The van der Waals surface area contributed by atoms with Crippen LogP contribution < -0.4 is 15.6 Å². The van der Waals surface area contributed by atoms with Gasteiger partial charge in [0, 0.05) is 0 Å². The van der Waals surface area contributed by atoms with Crippen molar-refractivity contribution < 1.29 is 14.3 Å². The average Bonchev–Trinajstić information content (AvgIpc) is 3.04. The molecule has 0 fully saturated rings. The molecule has 0 spiro atoms. The summed E-state index contributed by atoms with van der Waals surface area (Å²) >= 11 is 0. The molecule has 2 aromatic carbocycles. The van der Waals surface area contributed by atoms with E-state index in [0.29, 0.717) is 22.7 Å². The van der Waals surface area contributed by atoms with E-state index >= 15 is 0 Å². The number of rotatable bonds is 6. The van der Waals surface area contributed by atoms with Crippen molar-refractivity contribution in [2.24, 2.45) is 10.2 Å². The average molecular weight is 390 g/mol. The number of hydrogen-bond acceptors (Lipinski definition) is 5. The van der Waals surface area contributed by atoms with Crippen LogP contribution in [0.3, 0.4) is 0 Å². The van der Waals surface area contributed by atoms with Gasteiger partial charge in [-0.05, 0) is 50.1 Å². The number of benzene rings is 2. The molecular weight excluding hydrogens is 368 g/mol. The van der Waals surface area contributed by atoms with E-state index < -0.39 is 0 Å². The Morgan fingerprint density at radius 1 is 1.14 bits per heavy atom. The molecule has 1 aliphatic rings. The lowest BCUT2D eigenvalue weighted by atomic mass is 10.1. The Bertz CT molecular complexity index is 1000. The Labute approximate surface area is 169 Å². The van der Waals surface area contributed by atoms with Crippen LogP contribution >= 0.6 is 0 Å². The van der Waals surface area contributed by atoms with Gasteiger partial charge in [0.2, 0.25) is 0 Å². The molecule has 29 heavy (non-hydrogen) atoms. The van der Waals surface area contributed by atoms with Crippen molar-refractivity contribution in [3.63, 3.8) is 0 Å². The van der Waals surface area contributed by atoms with Crippen LogP contribution in [0.5, 0.6) is 5.75 Å². The van der Waals surface area contributed by atoms with Gasteiger partial charge in [-0.3, -0.25) is 9.59 Å². The van der Waals surface area contributed by atoms with Gasteiger partial charge in [0.15, 0.2) is 6.61 Å². The molecule has 0 atom stereocenters. The second-order valence-corrected chi connectivity index (χ2v) is 6.65. The van der Waals surface area contributed by atoms with Crippen LogP contribution in [0.25, 0.3) is 6.08 Å². The monoisotopic (exact) mass is 390 g/mol. The third-order valence-corrected chi connectivity index (χ3v) is 4.34. The molecule has 1 heterocycles. The smallest absolute Gasteiger partial charge is 0.277 e. The molecule has 148 valence electrons. The predicted octanol–water partition coefficient (Wildman–Crippen LogP) is 2.80. The molecule has 2 amide bonds. The Kier molecular flexibility index (Phi) is 6.19. The third kappa shape index (κ3) is 5.38. The zero-order valence-electron chi connectivity index (χ0n) is 16.5. The minimum Gasteiger partial charge on any atom is -0.484 e. The summed E-state index contributed by atoms with van der Waals surface area (Å²) in [5, 5.41) is 7.99. The van der Waals surface area contributed by atoms with Crippen LogP contribution in [0, 0.1) is 6.92 Å². The predicted molar refractivity (Wildman–Crippen MR) is 113 cm³/mol. The van der Waals surface area contributed by atoms with Crippen molar-refractivity contribution in [3.05, 3.63) is 70.8 Å². The maximum absolute atomic E-state index is 12.0. The van der Waals surface area contributed by atoms with E-state index in [9.17, 15) is 9.59 Å². The van der Waals surface area contributed by atoms with Gasteiger partial charge in [-0.25, -0.2) is 10.9 Å². The summed E-state index contributed by atoms with van der Waals surface area (Å²) in [5.41, 5.74) is 9.74. The lowest BCUT2D eigenvalue weighted by Crippen LogP contribution is -2.25. The molecule has 0 unspecified atom stereocenters. The van der Waals surface area contributed by atoms with Gasteiger partial charge in [-0.2, -0.15) is 10.2 Å². The minimum absolute atomic E-state index is 0.153. The standard InChI is InChI=1S/C22H22N4O3/c1-14-4-8-18(9-5-14)15(2)23-25-21(27)13-29-19-10-6-17(7-11-19)12-20-16(3)24-26-22(20)28/h4-12H,13H2,1-3H3,(H,25,27)(H,26,28)/b20-12-,23-15-. The fourth-order valence-corrected chi connectivity index (χ4v) is 2.60.